The van der Waals surface area contributed by atoms with Crippen molar-refractivity contribution < 1.29 is 23.5 Å². The quantitative estimate of drug-likeness (QED) is 0.393. The first-order chi connectivity index (χ1) is 13.0. The van der Waals surface area contributed by atoms with Crippen LogP contribution in [0.2, 0.25) is 0 Å². The van der Waals surface area contributed by atoms with Crippen LogP contribution in [0, 0.1) is 6.92 Å². The normalized spacial score (nSPS) is 10.3. The van der Waals surface area contributed by atoms with Crippen molar-refractivity contribution in [3.8, 4) is 11.5 Å². The molecule has 0 fully saturated rings. The van der Waals surface area contributed by atoms with E-state index in [0.29, 0.717) is 17.3 Å². The molecule has 8 nitrogen and oxygen atoms in total. The number of ether oxygens (including phenoxy) is 2. The van der Waals surface area contributed by atoms with Gasteiger partial charge >= 0.3 is 0 Å². The number of amides is 2. The molecule has 3 N–H and O–H groups in total. The second-order valence-electron chi connectivity index (χ2n) is 5.24. The summed E-state index contributed by atoms with van der Waals surface area (Å²) in [7, 11) is 1.56. The minimum atomic E-state index is -0.469. The molecule has 142 valence electrons. The number of thiocarbonyl (C=S) groups is 1. The Morgan fingerprint density at radius 1 is 1.11 bits per heavy atom. The third kappa shape index (κ3) is 7.20. The van der Waals surface area contributed by atoms with Gasteiger partial charge in [-0.2, -0.15) is 0 Å². The second kappa shape index (κ2) is 9.97. The summed E-state index contributed by atoms with van der Waals surface area (Å²) in [6.07, 6.45) is 2.77. The van der Waals surface area contributed by atoms with Gasteiger partial charge in [0.05, 0.1) is 7.11 Å². The van der Waals surface area contributed by atoms with Crippen molar-refractivity contribution in [2.45, 2.75) is 6.92 Å². The number of carbonyl (C=O) groups is 2. The highest BCUT2D eigenvalue weighted by atomic mass is 32.1. The van der Waals surface area contributed by atoms with Crippen LogP contribution in [0.1, 0.15) is 11.5 Å². The van der Waals surface area contributed by atoms with Gasteiger partial charge in [0.15, 0.2) is 11.7 Å². The minimum Gasteiger partial charge on any atom is -0.497 e. The Labute approximate surface area is 161 Å². The number of carbonyl (C=O) groups excluding carboxylic acids is 2. The summed E-state index contributed by atoms with van der Waals surface area (Å²) in [5.41, 5.74) is 4.73. The largest absolute Gasteiger partial charge is 0.497 e. The van der Waals surface area contributed by atoms with Gasteiger partial charge < -0.3 is 13.9 Å². The Hall–Kier alpha value is -3.33. The molecule has 0 atom stereocenters. The van der Waals surface area contributed by atoms with Crippen LogP contribution in [-0.2, 0) is 9.59 Å². The molecular formula is C18H19N3O5S. The Balaban J connectivity index is 1.67. The van der Waals surface area contributed by atoms with Crippen LogP contribution in [0.3, 0.4) is 0 Å². The van der Waals surface area contributed by atoms with Crippen LogP contribution in [0.5, 0.6) is 11.5 Å². The van der Waals surface area contributed by atoms with Gasteiger partial charge in [0.1, 0.15) is 23.0 Å². The summed E-state index contributed by atoms with van der Waals surface area (Å²) in [6.45, 7) is 1.57. The smallest absolute Gasteiger partial charge is 0.276 e. The van der Waals surface area contributed by atoms with Crippen LogP contribution in [0.4, 0.5) is 0 Å². The number of nitrogens with one attached hydrogen (secondary N) is 3. The SMILES string of the molecule is COc1ccc(OCC(=O)NNC(=S)NC(=O)/C=C/c2ccc(C)o2)cc1. The van der Waals surface area contributed by atoms with Gasteiger partial charge in [-0.1, -0.05) is 0 Å². The summed E-state index contributed by atoms with van der Waals surface area (Å²) >= 11 is 4.92. The zero-order chi connectivity index (χ0) is 19.6. The lowest BCUT2D eigenvalue weighted by Crippen LogP contribution is -2.49. The Kier molecular flexibility index (Phi) is 7.38. The molecule has 0 spiro atoms. The number of methoxy groups -OCH3 is 1. The fourth-order valence-corrected chi connectivity index (χ4v) is 2.02. The average molecular weight is 389 g/mol. The summed E-state index contributed by atoms with van der Waals surface area (Å²) in [4.78, 5) is 23.4. The van der Waals surface area contributed by atoms with Crippen molar-refractivity contribution in [2.75, 3.05) is 13.7 Å². The van der Waals surface area contributed by atoms with Gasteiger partial charge in [-0.25, -0.2) is 0 Å². The van der Waals surface area contributed by atoms with Crippen molar-refractivity contribution in [3.05, 3.63) is 54.0 Å². The van der Waals surface area contributed by atoms with E-state index in [-0.39, 0.29) is 11.7 Å². The number of rotatable bonds is 6. The van der Waals surface area contributed by atoms with E-state index in [0.717, 1.165) is 5.76 Å². The fraction of sp³-hybridized carbons (Fsp3) is 0.167. The van der Waals surface area contributed by atoms with Crippen LogP contribution in [0.25, 0.3) is 6.08 Å². The number of aryl methyl sites for hydroxylation is 1. The minimum absolute atomic E-state index is 0.0573. The highest BCUT2D eigenvalue weighted by molar-refractivity contribution is 7.80. The highest BCUT2D eigenvalue weighted by Crippen LogP contribution is 2.16. The molecule has 9 heteroatoms. The van der Waals surface area contributed by atoms with E-state index in [1.165, 1.54) is 12.2 Å². The van der Waals surface area contributed by atoms with Crippen molar-refractivity contribution in [2.24, 2.45) is 0 Å². The van der Waals surface area contributed by atoms with Crippen molar-refractivity contribution in [1.29, 1.82) is 0 Å². The predicted molar refractivity (Wildman–Crippen MR) is 103 cm³/mol. The molecule has 0 bridgehead atoms. The number of hydrogen-bond donors (Lipinski definition) is 3. The topological polar surface area (TPSA) is 102 Å². The molecule has 2 rings (SSSR count). The van der Waals surface area contributed by atoms with Crippen LogP contribution in [0.15, 0.2) is 46.9 Å². The lowest BCUT2D eigenvalue weighted by atomic mass is 10.3. The van der Waals surface area contributed by atoms with Crippen molar-refractivity contribution >= 4 is 35.2 Å². The molecule has 2 amide bonds. The van der Waals surface area contributed by atoms with E-state index in [1.807, 2.05) is 0 Å². The van der Waals surface area contributed by atoms with Gasteiger partial charge in [0.2, 0.25) is 5.91 Å². The first kappa shape index (κ1) is 20.0. The van der Waals surface area contributed by atoms with Gasteiger partial charge in [-0.05, 0) is 61.6 Å². The third-order valence-corrected chi connectivity index (χ3v) is 3.35. The maximum atomic E-state index is 11.7. The molecule has 0 unspecified atom stereocenters. The molecule has 1 aromatic carbocycles. The first-order valence-electron chi connectivity index (χ1n) is 7.87. The molecule has 27 heavy (non-hydrogen) atoms. The zero-order valence-corrected chi connectivity index (χ0v) is 15.6. The maximum absolute atomic E-state index is 11.7. The summed E-state index contributed by atoms with van der Waals surface area (Å²) in [5, 5.41) is 2.32. The lowest BCUT2D eigenvalue weighted by molar-refractivity contribution is -0.123. The van der Waals surface area contributed by atoms with Crippen LogP contribution >= 0.6 is 12.2 Å². The van der Waals surface area contributed by atoms with Gasteiger partial charge in [0.25, 0.3) is 5.91 Å². The predicted octanol–water partition coefficient (Wildman–Crippen LogP) is 1.71. The molecular weight excluding hydrogens is 370 g/mol. The lowest BCUT2D eigenvalue weighted by Gasteiger charge is -2.10. The van der Waals surface area contributed by atoms with Gasteiger partial charge in [-0.15, -0.1) is 0 Å². The van der Waals surface area contributed by atoms with E-state index in [2.05, 4.69) is 16.2 Å². The van der Waals surface area contributed by atoms with E-state index >= 15 is 0 Å². The molecule has 1 heterocycles. The zero-order valence-electron chi connectivity index (χ0n) is 14.8. The van der Waals surface area contributed by atoms with Gasteiger partial charge in [-0.3, -0.25) is 25.8 Å². The summed E-state index contributed by atoms with van der Waals surface area (Å²) in [5.74, 6) is 1.55. The van der Waals surface area contributed by atoms with Crippen molar-refractivity contribution in [1.82, 2.24) is 16.2 Å². The monoisotopic (exact) mass is 389 g/mol. The van der Waals surface area contributed by atoms with Crippen molar-refractivity contribution in [3.63, 3.8) is 0 Å². The van der Waals surface area contributed by atoms with E-state index in [1.54, 1.807) is 50.4 Å². The number of furan rings is 1. The molecule has 0 aliphatic rings. The van der Waals surface area contributed by atoms with E-state index in [4.69, 9.17) is 26.1 Å². The Morgan fingerprint density at radius 3 is 2.44 bits per heavy atom. The number of hydrazine groups is 1. The van der Waals surface area contributed by atoms with E-state index in [9.17, 15) is 9.59 Å². The van der Waals surface area contributed by atoms with Crippen LogP contribution in [-0.4, -0.2) is 30.6 Å². The molecule has 0 radical (unpaired) electrons. The number of hydrogen-bond acceptors (Lipinski definition) is 6. The third-order valence-electron chi connectivity index (χ3n) is 3.14. The molecule has 1 aromatic heterocycles. The highest BCUT2D eigenvalue weighted by Gasteiger charge is 2.05. The van der Waals surface area contributed by atoms with Gasteiger partial charge in [0, 0.05) is 6.08 Å². The first-order valence-corrected chi connectivity index (χ1v) is 8.28. The molecule has 0 saturated carbocycles. The molecule has 2 aromatic rings. The molecule has 0 aliphatic heterocycles. The summed E-state index contributed by atoms with van der Waals surface area (Å²) < 4.78 is 15.6. The Morgan fingerprint density at radius 2 is 1.81 bits per heavy atom. The molecule has 0 saturated heterocycles. The number of benzene rings is 1. The van der Waals surface area contributed by atoms with Crippen LogP contribution < -0.4 is 25.6 Å². The Bertz CT molecular complexity index is 830. The second-order valence-corrected chi connectivity index (χ2v) is 5.65. The average Bonchev–Trinajstić information content (AvgIpc) is 3.08. The molecule has 0 aliphatic carbocycles. The van der Waals surface area contributed by atoms with E-state index < -0.39 is 11.8 Å². The fourth-order valence-electron chi connectivity index (χ4n) is 1.87. The standard InChI is InChI=1S/C18H19N3O5S/c1-12-3-4-15(26-12)9-10-16(22)19-18(27)21-20-17(23)11-25-14-7-5-13(24-2)6-8-14/h3-10H,11H2,1-2H3,(H,20,23)(H2,19,21,22,27)/b10-9+. The maximum Gasteiger partial charge on any atom is 0.276 e. The summed E-state index contributed by atoms with van der Waals surface area (Å²) in [6, 6.07) is 10.3.